The van der Waals surface area contributed by atoms with E-state index in [9.17, 15) is 9.59 Å². The molecule has 2 heterocycles. The molecule has 1 atom stereocenters. The van der Waals surface area contributed by atoms with Crippen molar-refractivity contribution < 1.29 is 9.53 Å². The fourth-order valence-corrected chi connectivity index (χ4v) is 5.14. The third kappa shape index (κ3) is 4.28. The van der Waals surface area contributed by atoms with E-state index in [1.807, 2.05) is 0 Å². The zero-order chi connectivity index (χ0) is 23.0. The molecule has 32 heavy (non-hydrogen) atoms. The van der Waals surface area contributed by atoms with Crippen LogP contribution in [0.4, 0.5) is 0 Å². The van der Waals surface area contributed by atoms with Crippen LogP contribution in [0.3, 0.4) is 0 Å². The summed E-state index contributed by atoms with van der Waals surface area (Å²) in [7, 11) is 0. The number of fused-ring (bicyclic) bond motifs is 1. The highest BCUT2D eigenvalue weighted by Crippen LogP contribution is 2.31. The zero-order valence-corrected chi connectivity index (χ0v) is 20.1. The molecule has 4 rings (SSSR count). The van der Waals surface area contributed by atoms with E-state index in [-0.39, 0.29) is 12.2 Å². The Kier molecular flexibility index (Phi) is 6.58. The quantitative estimate of drug-likeness (QED) is 0.479. The van der Waals surface area contributed by atoms with Crippen LogP contribution in [-0.4, -0.2) is 17.1 Å². The van der Waals surface area contributed by atoms with Gasteiger partial charge < -0.3 is 4.74 Å². The number of esters is 1. The molecule has 9 heteroatoms. The summed E-state index contributed by atoms with van der Waals surface area (Å²) in [5, 5.41) is 1.49. The molecule has 0 amide bonds. The number of carbonyl (C=O) groups is 1. The highest BCUT2D eigenvalue weighted by atomic mass is 35.5. The van der Waals surface area contributed by atoms with E-state index < -0.39 is 12.0 Å². The third-order valence-corrected chi connectivity index (χ3v) is 6.75. The Labute approximate surface area is 202 Å². The molecule has 0 N–H and O–H groups in total. The Hall–Kier alpha value is -2.38. The molecule has 1 aromatic heterocycles. The molecule has 0 fully saturated rings. The second kappa shape index (κ2) is 9.24. The molecule has 2 aromatic carbocycles. The molecule has 3 aromatic rings. The first-order valence-corrected chi connectivity index (χ1v) is 11.7. The van der Waals surface area contributed by atoms with Gasteiger partial charge in [0.25, 0.3) is 5.56 Å². The molecule has 164 valence electrons. The fraction of sp³-hybridized carbons (Fsp3) is 0.174. The van der Waals surface area contributed by atoms with Crippen molar-refractivity contribution in [1.82, 2.24) is 4.57 Å². The molecule has 1 aliphatic heterocycles. The monoisotopic (exact) mass is 506 g/mol. The van der Waals surface area contributed by atoms with Crippen LogP contribution in [0.25, 0.3) is 6.08 Å². The van der Waals surface area contributed by atoms with Crippen molar-refractivity contribution in [2.24, 2.45) is 4.99 Å². The smallest absolute Gasteiger partial charge is 0.338 e. The summed E-state index contributed by atoms with van der Waals surface area (Å²) >= 11 is 19.6. The van der Waals surface area contributed by atoms with Gasteiger partial charge in [-0.2, -0.15) is 0 Å². The minimum absolute atomic E-state index is 0.211. The number of nitrogens with zero attached hydrogens (tertiary/aromatic N) is 2. The highest BCUT2D eigenvalue weighted by Gasteiger charge is 2.33. The average Bonchev–Trinajstić information content (AvgIpc) is 3.04. The van der Waals surface area contributed by atoms with E-state index in [1.54, 1.807) is 62.4 Å². The van der Waals surface area contributed by atoms with Gasteiger partial charge in [0, 0.05) is 15.1 Å². The Bertz CT molecular complexity index is 1420. The Morgan fingerprint density at radius 3 is 2.50 bits per heavy atom. The van der Waals surface area contributed by atoms with Gasteiger partial charge in [0.15, 0.2) is 4.80 Å². The molecular weight excluding hydrogens is 491 g/mol. The number of hydrogen-bond donors (Lipinski definition) is 0. The van der Waals surface area contributed by atoms with Crippen molar-refractivity contribution in [3.8, 4) is 0 Å². The minimum Gasteiger partial charge on any atom is -0.463 e. The highest BCUT2D eigenvalue weighted by molar-refractivity contribution is 7.07. The normalized spacial score (nSPS) is 16.0. The first-order valence-electron chi connectivity index (χ1n) is 9.70. The van der Waals surface area contributed by atoms with Gasteiger partial charge in [-0.3, -0.25) is 9.36 Å². The molecule has 5 nitrogen and oxygen atoms in total. The Morgan fingerprint density at radius 1 is 1.16 bits per heavy atom. The Balaban J connectivity index is 1.96. The number of carbonyl (C=O) groups excluding carboxylic acids is 1. The molecule has 0 bridgehead atoms. The number of rotatable bonds is 4. The lowest BCUT2D eigenvalue weighted by molar-refractivity contribution is -0.139. The molecule has 0 aliphatic carbocycles. The van der Waals surface area contributed by atoms with Crippen LogP contribution in [-0.2, 0) is 9.53 Å². The van der Waals surface area contributed by atoms with Crippen molar-refractivity contribution in [3.05, 3.63) is 99.6 Å². The lowest BCUT2D eigenvalue weighted by atomic mass is 9.96. The maximum absolute atomic E-state index is 13.5. The summed E-state index contributed by atoms with van der Waals surface area (Å²) in [6.45, 7) is 3.68. The fourth-order valence-electron chi connectivity index (χ4n) is 3.51. The van der Waals surface area contributed by atoms with Crippen LogP contribution in [0.5, 0.6) is 0 Å². The van der Waals surface area contributed by atoms with Crippen LogP contribution < -0.4 is 14.9 Å². The number of thiazole rings is 1. The number of ether oxygens (including phenoxy) is 1. The van der Waals surface area contributed by atoms with Gasteiger partial charge in [-0.15, -0.1) is 0 Å². The largest absolute Gasteiger partial charge is 0.463 e. The molecule has 0 saturated heterocycles. The third-order valence-electron chi connectivity index (χ3n) is 4.95. The van der Waals surface area contributed by atoms with Crippen LogP contribution in [0.1, 0.15) is 31.0 Å². The average molecular weight is 508 g/mol. The van der Waals surface area contributed by atoms with E-state index in [4.69, 9.17) is 39.5 Å². The summed E-state index contributed by atoms with van der Waals surface area (Å²) in [6, 6.07) is 11.4. The summed E-state index contributed by atoms with van der Waals surface area (Å²) in [4.78, 5) is 31.4. The van der Waals surface area contributed by atoms with Crippen molar-refractivity contribution in [2.45, 2.75) is 19.9 Å². The number of aromatic nitrogens is 1. The van der Waals surface area contributed by atoms with Gasteiger partial charge in [-0.25, -0.2) is 9.79 Å². The van der Waals surface area contributed by atoms with E-state index >= 15 is 0 Å². The van der Waals surface area contributed by atoms with Gasteiger partial charge in [-0.1, -0.05) is 64.3 Å². The molecular formula is C23H17Cl3N2O3S. The van der Waals surface area contributed by atoms with Crippen molar-refractivity contribution in [3.63, 3.8) is 0 Å². The number of allylic oxidation sites excluding steroid dienone is 1. The van der Waals surface area contributed by atoms with Crippen molar-refractivity contribution >= 4 is 58.2 Å². The van der Waals surface area contributed by atoms with Gasteiger partial charge in [0.1, 0.15) is 0 Å². The first-order chi connectivity index (χ1) is 15.3. The standard InChI is InChI=1S/C23H17Cl3N2O3S/c1-3-31-22(30)19-12(2)27-23-28(20(19)13-4-7-15(24)8-5-13)21(29)18(32-23)10-14-6-9-16(25)11-17(14)26/h4-11,20H,3H2,1-2H3/t20-/m1/s1. The van der Waals surface area contributed by atoms with Crippen LogP contribution in [0.2, 0.25) is 15.1 Å². The summed E-state index contributed by atoms with van der Waals surface area (Å²) in [6.07, 6.45) is 1.70. The summed E-state index contributed by atoms with van der Waals surface area (Å²) in [5.41, 5.74) is 1.92. The van der Waals surface area contributed by atoms with Gasteiger partial charge in [-0.05, 0) is 55.3 Å². The minimum atomic E-state index is -0.689. The van der Waals surface area contributed by atoms with E-state index in [0.717, 1.165) is 5.56 Å². The predicted molar refractivity (Wildman–Crippen MR) is 128 cm³/mol. The predicted octanol–water partition coefficient (Wildman–Crippen LogP) is 4.76. The number of hydrogen-bond acceptors (Lipinski definition) is 5. The van der Waals surface area contributed by atoms with E-state index in [1.165, 1.54) is 15.9 Å². The second-order valence-corrected chi connectivity index (χ2v) is 9.31. The topological polar surface area (TPSA) is 60.7 Å². The van der Waals surface area contributed by atoms with Crippen LogP contribution >= 0.6 is 46.1 Å². The van der Waals surface area contributed by atoms with Crippen LogP contribution in [0, 0.1) is 0 Å². The Morgan fingerprint density at radius 2 is 1.84 bits per heavy atom. The van der Waals surface area contributed by atoms with Crippen molar-refractivity contribution in [2.75, 3.05) is 6.61 Å². The number of benzene rings is 2. The SMILES string of the molecule is CCOC(=O)C1=C(C)N=c2sc(=Cc3ccc(Cl)cc3Cl)c(=O)n2[C@@H]1c1ccc(Cl)cc1. The molecule has 0 unspecified atom stereocenters. The zero-order valence-electron chi connectivity index (χ0n) is 17.1. The van der Waals surface area contributed by atoms with E-state index in [0.29, 0.717) is 41.2 Å². The molecule has 1 aliphatic rings. The summed E-state index contributed by atoms with van der Waals surface area (Å²) in [5.74, 6) is -0.510. The number of halogens is 3. The van der Waals surface area contributed by atoms with Gasteiger partial charge >= 0.3 is 5.97 Å². The van der Waals surface area contributed by atoms with Crippen LogP contribution in [0.15, 0.2) is 63.5 Å². The molecule has 0 spiro atoms. The van der Waals surface area contributed by atoms with Gasteiger partial charge in [0.2, 0.25) is 0 Å². The summed E-state index contributed by atoms with van der Waals surface area (Å²) < 4.78 is 7.23. The lowest BCUT2D eigenvalue weighted by Gasteiger charge is -2.24. The molecule has 0 radical (unpaired) electrons. The first kappa shape index (κ1) is 22.8. The molecule has 0 saturated carbocycles. The van der Waals surface area contributed by atoms with Gasteiger partial charge in [0.05, 0.1) is 28.5 Å². The lowest BCUT2D eigenvalue weighted by Crippen LogP contribution is -2.39. The van der Waals surface area contributed by atoms with Crippen molar-refractivity contribution in [1.29, 1.82) is 0 Å². The van der Waals surface area contributed by atoms with E-state index in [2.05, 4.69) is 4.99 Å². The maximum Gasteiger partial charge on any atom is 0.338 e. The second-order valence-electron chi connectivity index (χ2n) is 7.02. The maximum atomic E-state index is 13.5.